The fraction of sp³-hybridized carbons (Fsp3) is 0.200. The summed E-state index contributed by atoms with van der Waals surface area (Å²) >= 11 is 9.64. The van der Waals surface area contributed by atoms with Crippen LogP contribution in [-0.4, -0.2) is 0 Å². The second kappa shape index (κ2) is 5.06. The van der Waals surface area contributed by atoms with Gasteiger partial charge in [0.15, 0.2) is 0 Å². The first-order valence-electron chi connectivity index (χ1n) is 6.24. The van der Waals surface area contributed by atoms with Crippen LogP contribution in [-0.2, 0) is 6.42 Å². The highest BCUT2D eigenvalue weighted by Gasteiger charge is 2.23. The number of nitrogens with one attached hydrogen (secondary N) is 1. The summed E-state index contributed by atoms with van der Waals surface area (Å²) in [5.41, 5.74) is 10.4. The predicted molar refractivity (Wildman–Crippen MR) is 84.7 cm³/mol. The maximum Gasteiger partial charge on any atom is 0.0593 e. The SMILES string of the molecule is Nc1ccc2c(c1)CCC2Nc1cccc(Cl)c1Br. The number of anilines is 2. The summed E-state index contributed by atoms with van der Waals surface area (Å²) in [6.45, 7) is 0. The molecule has 0 fully saturated rings. The zero-order valence-corrected chi connectivity index (χ0v) is 12.6. The van der Waals surface area contributed by atoms with Gasteiger partial charge < -0.3 is 11.1 Å². The summed E-state index contributed by atoms with van der Waals surface area (Å²) in [5.74, 6) is 0. The molecule has 1 aliphatic rings. The van der Waals surface area contributed by atoms with Gasteiger partial charge in [-0.15, -0.1) is 0 Å². The molecule has 0 aliphatic heterocycles. The zero-order valence-electron chi connectivity index (χ0n) is 10.3. The van der Waals surface area contributed by atoms with Gasteiger partial charge in [-0.25, -0.2) is 0 Å². The highest BCUT2D eigenvalue weighted by atomic mass is 79.9. The number of fused-ring (bicyclic) bond motifs is 1. The van der Waals surface area contributed by atoms with Crippen molar-refractivity contribution in [2.45, 2.75) is 18.9 Å². The molecule has 0 aromatic heterocycles. The Hall–Kier alpha value is -1.19. The van der Waals surface area contributed by atoms with Crippen molar-refractivity contribution in [1.29, 1.82) is 0 Å². The first-order chi connectivity index (χ1) is 9.15. The van der Waals surface area contributed by atoms with Gasteiger partial charge in [0.2, 0.25) is 0 Å². The van der Waals surface area contributed by atoms with Gasteiger partial charge in [0.25, 0.3) is 0 Å². The fourth-order valence-electron chi connectivity index (χ4n) is 2.59. The van der Waals surface area contributed by atoms with E-state index < -0.39 is 0 Å². The Bertz CT molecular complexity index is 628. The molecule has 1 atom stereocenters. The number of nitrogens with two attached hydrogens (primary N) is 1. The number of nitrogen functional groups attached to an aromatic ring is 1. The number of halogens is 2. The quantitative estimate of drug-likeness (QED) is 0.774. The highest BCUT2D eigenvalue weighted by molar-refractivity contribution is 9.10. The summed E-state index contributed by atoms with van der Waals surface area (Å²) in [4.78, 5) is 0. The molecular formula is C15H14BrClN2. The minimum absolute atomic E-state index is 0.324. The summed E-state index contributed by atoms with van der Waals surface area (Å²) in [6.07, 6.45) is 2.15. The van der Waals surface area contributed by atoms with Crippen LogP contribution in [0.4, 0.5) is 11.4 Å². The van der Waals surface area contributed by atoms with Crippen LogP contribution in [0.25, 0.3) is 0 Å². The molecule has 0 heterocycles. The monoisotopic (exact) mass is 336 g/mol. The van der Waals surface area contributed by atoms with E-state index in [9.17, 15) is 0 Å². The Balaban J connectivity index is 1.89. The summed E-state index contributed by atoms with van der Waals surface area (Å²) in [5, 5.41) is 4.28. The molecule has 0 amide bonds. The Morgan fingerprint density at radius 3 is 2.95 bits per heavy atom. The Morgan fingerprint density at radius 2 is 2.11 bits per heavy atom. The van der Waals surface area contributed by atoms with Crippen molar-refractivity contribution in [1.82, 2.24) is 0 Å². The van der Waals surface area contributed by atoms with E-state index in [1.807, 2.05) is 24.3 Å². The highest BCUT2D eigenvalue weighted by Crippen LogP contribution is 2.38. The molecule has 3 N–H and O–H groups in total. The van der Waals surface area contributed by atoms with E-state index in [0.717, 1.165) is 33.7 Å². The maximum absolute atomic E-state index is 6.12. The molecule has 0 bridgehead atoms. The standard InChI is InChI=1S/C15H14BrClN2/c16-15-12(17)2-1-3-14(15)19-13-7-4-9-8-10(18)5-6-11(9)13/h1-3,5-6,8,13,19H,4,7,18H2. The number of rotatable bonds is 2. The van der Waals surface area contributed by atoms with Crippen LogP contribution < -0.4 is 11.1 Å². The number of aryl methyl sites for hydroxylation is 1. The van der Waals surface area contributed by atoms with Crippen molar-refractivity contribution in [3.63, 3.8) is 0 Å². The first kappa shape index (κ1) is 12.8. The van der Waals surface area contributed by atoms with Crippen LogP contribution in [0.15, 0.2) is 40.9 Å². The first-order valence-corrected chi connectivity index (χ1v) is 7.41. The van der Waals surface area contributed by atoms with Crippen molar-refractivity contribution in [2.24, 2.45) is 0 Å². The third-order valence-electron chi connectivity index (χ3n) is 3.53. The van der Waals surface area contributed by atoms with Crippen molar-refractivity contribution in [3.8, 4) is 0 Å². The number of benzene rings is 2. The normalized spacial score (nSPS) is 17.3. The lowest BCUT2D eigenvalue weighted by atomic mass is 10.1. The van der Waals surface area contributed by atoms with Crippen molar-refractivity contribution in [2.75, 3.05) is 11.1 Å². The Labute approximate surface area is 126 Å². The summed E-state index contributed by atoms with van der Waals surface area (Å²) < 4.78 is 0.917. The minimum Gasteiger partial charge on any atom is -0.399 e. The lowest BCUT2D eigenvalue weighted by Gasteiger charge is -2.17. The zero-order chi connectivity index (χ0) is 13.4. The van der Waals surface area contributed by atoms with Crippen LogP contribution in [0, 0.1) is 0 Å². The van der Waals surface area contributed by atoms with Gasteiger partial charge in [-0.1, -0.05) is 23.7 Å². The van der Waals surface area contributed by atoms with Gasteiger partial charge in [-0.2, -0.15) is 0 Å². The van der Waals surface area contributed by atoms with Crippen LogP contribution in [0.2, 0.25) is 5.02 Å². The summed E-state index contributed by atoms with van der Waals surface area (Å²) in [6, 6.07) is 12.3. The van der Waals surface area contributed by atoms with Gasteiger partial charge in [-0.3, -0.25) is 0 Å². The lowest BCUT2D eigenvalue weighted by Crippen LogP contribution is -2.07. The topological polar surface area (TPSA) is 38.0 Å². The molecule has 0 radical (unpaired) electrons. The molecule has 2 aromatic carbocycles. The molecule has 2 aromatic rings. The van der Waals surface area contributed by atoms with Crippen molar-refractivity contribution >= 4 is 38.9 Å². The van der Waals surface area contributed by atoms with E-state index in [4.69, 9.17) is 17.3 Å². The predicted octanol–water partition coefficient (Wildman–Crippen LogP) is 4.78. The third kappa shape index (κ3) is 2.45. The lowest BCUT2D eigenvalue weighted by molar-refractivity contribution is 0.761. The van der Waals surface area contributed by atoms with E-state index in [1.165, 1.54) is 11.1 Å². The van der Waals surface area contributed by atoms with Gasteiger partial charge in [-0.05, 0) is 64.2 Å². The summed E-state index contributed by atoms with van der Waals surface area (Å²) in [7, 11) is 0. The second-order valence-corrected chi connectivity index (χ2v) is 6.00. The minimum atomic E-state index is 0.324. The van der Waals surface area contributed by atoms with E-state index in [1.54, 1.807) is 0 Å². The molecule has 19 heavy (non-hydrogen) atoms. The average molecular weight is 338 g/mol. The van der Waals surface area contributed by atoms with Gasteiger partial charge in [0.1, 0.15) is 0 Å². The largest absolute Gasteiger partial charge is 0.399 e. The van der Waals surface area contributed by atoms with Crippen LogP contribution in [0.1, 0.15) is 23.6 Å². The molecule has 98 valence electrons. The molecule has 3 rings (SSSR count). The molecular weight excluding hydrogens is 324 g/mol. The van der Waals surface area contributed by atoms with E-state index >= 15 is 0 Å². The van der Waals surface area contributed by atoms with Gasteiger partial charge >= 0.3 is 0 Å². The Kier molecular flexibility index (Phi) is 3.42. The maximum atomic E-state index is 6.12. The van der Waals surface area contributed by atoms with E-state index in [-0.39, 0.29) is 0 Å². The molecule has 0 spiro atoms. The van der Waals surface area contributed by atoms with Crippen LogP contribution in [0.5, 0.6) is 0 Å². The van der Waals surface area contributed by atoms with Gasteiger partial charge in [0, 0.05) is 5.69 Å². The molecule has 1 unspecified atom stereocenters. The molecule has 4 heteroatoms. The smallest absolute Gasteiger partial charge is 0.0593 e. The molecule has 2 nitrogen and oxygen atoms in total. The van der Waals surface area contributed by atoms with E-state index in [0.29, 0.717) is 6.04 Å². The number of hydrogen-bond donors (Lipinski definition) is 2. The average Bonchev–Trinajstić information content (AvgIpc) is 2.77. The van der Waals surface area contributed by atoms with Gasteiger partial charge in [0.05, 0.1) is 21.2 Å². The van der Waals surface area contributed by atoms with E-state index in [2.05, 4.69) is 33.4 Å². The molecule has 1 aliphatic carbocycles. The molecule has 0 saturated carbocycles. The Morgan fingerprint density at radius 1 is 1.26 bits per heavy atom. The second-order valence-electron chi connectivity index (χ2n) is 4.80. The van der Waals surface area contributed by atoms with Crippen LogP contribution in [0.3, 0.4) is 0 Å². The van der Waals surface area contributed by atoms with Crippen LogP contribution >= 0.6 is 27.5 Å². The fourth-order valence-corrected chi connectivity index (χ4v) is 3.14. The van der Waals surface area contributed by atoms with Crippen molar-refractivity contribution < 1.29 is 0 Å². The number of hydrogen-bond acceptors (Lipinski definition) is 2. The third-order valence-corrected chi connectivity index (χ3v) is 4.92. The van der Waals surface area contributed by atoms with Crippen molar-refractivity contribution in [3.05, 3.63) is 57.0 Å². The molecule has 0 saturated heterocycles.